The average Bonchev–Trinajstić information content (AvgIpc) is 2.80. The van der Waals surface area contributed by atoms with Gasteiger partial charge >= 0.3 is 0 Å². The quantitative estimate of drug-likeness (QED) is 0.844. The van der Waals surface area contributed by atoms with Crippen LogP contribution in [0.3, 0.4) is 0 Å². The molecule has 1 aromatic heterocycles. The van der Waals surface area contributed by atoms with E-state index < -0.39 is 6.10 Å². The minimum Gasteiger partial charge on any atom is -0.387 e. The Bertz CT molecular complexity index is 544. The van der Waals surface area contributed by atoms with Crippen molar-refractivity contribution in [1.29, 1.82) is 0 Å². The number of aromatic nitrogens is 2. The fourth-order valence-corrected chi connectivity index (χ4v) is 2.64. The van der Waals surface area contributed by atoms with Crippen molar-refractivity contribution in [3.8, 4) is 0 Å². The fourth-order valence-electron chi connectivity index (χ4n) is 2.64. The second-order valence-corrected chi connectivity index (χ2v) is 5.42. The molecule has 4 nitrogen and oxygen atoms in total. The summed E-state index contributed by atoms with van der Waals surface area (Å²) in [4.78, 5) is 6.68. The molecule has 1 heterocycles. The van der Waals surface area contributed by atoms with Crippen molar-refractivity contribution in [1.82, 2.24) is 14.5 Å². The number of hydrogen-bond donors (Lipinski definition) is 1. The second-order valence-electron chi connectivity index (χ2n) is 5.42. The molecule has 0 radical (unpaired) electrons. The van der Waals surface area contributed by atoms with Gasteiger partial charge in [0.1, 0.15) is 0 Å². The van der Waals surface area contributed by atoms with Crippen molar-refractivity contribution in [2.24, 2.45) is 7.05 Å². The van der Waals surface area contributed by atoms with E-state index in [0.717, 1.165) is 42.5 Å². The maximum atomic E-state index is 10.4. The first-order valence-electron chi connectivity index (χ1n) is 7.47. The van der Waals surface area contributed by atoms with Gasteiger partial charge in [-0.25, -0.2) is 4.98 Å². The smallest absolute Gasteiger partial charge is 0.0955 e. The zero-order valence-corrected chi connectivity index (χ0v) is 12.7. The van der Waals surface area contributed by atoms with Crippen molar-refractivity contribution in [2.45, 2.75) is 32.8 Å². The van der Waals surface area contributed by atoms with Gasteiger partial charge < -0.3 is 14.6 Å². The number of benzene rings is 1. The minimum absolute atomic E-state index is 0.445. The maximum Gasteiger partial charge on any atom is 0.0955 e. The number of nitrogens with zero attached hydrogens (tertiary/aromatic N) is 3. The van der Waals surface area contributed by atoms with Crippen LogP contribution in [-0.2, 0) is 7.05 Å². The average molecular weight is 275 g/mol. The van der Waals surface area contributed by atoms with E-state index in [1.165, 1.54) is 0 Å². The first-order chi connectivity index (χ1) is 9.65. The normalized spacial score (nSPS) is 13.2. The third-order valence-corrected chi connectivity index (χ3v) is 3.65. The Labute approximate surface area is 121 Å². The topological polar surface area (TPSA) is 41.3 Å². The Morgan fingerprint density at radius 1 is 1.25 bits per heavy atom. The van der Waals surface area contributed by atoms with E-state index in [1.807, 2.05) is 29.8 Å². The first kappa shape index (κ1) is 15.0. The van der Waals surface area contributed by atoms with E-state index in [0.29, 0.717) is 6.54 Å². The molecule has 4 heteroatoms. The van der Waals surface area contributed by atoms with Crippen molar-refractivity contribution in [3.05, 3.63) is 30.1 Å². The van der Waals surface area contributed by atoms with E-state index in [4.69, 9.17) is 0 Å². The minimum atomic E-state index is -0.445. The Kier molecular flexibility index (Phi) is 5.15. The van der Waals surface area contributed by atoms with Crippen LogP contribution in [-0.4, -0.2) is 39.2 Å². The zero-order valence-electron chi connectivity index (χ0n) is 12.7. The maximum absolute atomic E-state index is 10.4. The lowest BCUT2D eigenvalue weighted by molar-refractivity contribution is 0.113. The molecule has 0 amide bonds. The van der Waals surface area contributed by atoms with Crippen LogP contribution in [0.25, 0.3) is 11.0 Å². The number of aliphatic hydroxyl groups excluding tert-OH is 1. The molecule has 2 rings (SSSR count). The highest BCUT2D eigenvalue weighted by Gasteiger charge is 2.13. The van der Waals surface area contributed by atoms with Gasteiger partial charge in [0.25, 0.3) is 0 Å². The monoisotopic (exact) mass is 275 g/mol. The van der Waals surface area contributed by atoms with Crippen molar-refractivity contribution < 1.29 is 5.11 Å². The summed E-state index contributed by atoms with van der Waals surface area (Å²) in [6.45, 7) is 7.12. The van der Waals surface area contributed by atoms with Crippen LogP contribution in [0.15, 0.2) is 24.5 Å². The SMILES string of the molecule is CCCN(CCC)CC(O)c1ccc2c(c1)ncn2C. The molecule has 20 heavy (non-hydrogen) atoms. The molecule has 1 unspecified atom stereocenters. The lowest BCUT2D eigenvalue weighted by Gasteiger charge is -2.24. The van der Waals surface area contributed by atoms with Crippen molar-refractivity contribution in [2.75, 3.05) is 19.6 Å². The molecular weight excluding hydrogens is 250 g/mol. The molecule has 0 aliphatic heterocycles. The van der Waals surface area contributed by atoms with Gasteiger partial charge in [-0.3, -0.25) is 0 Å². The predicted molar refractivity (Wildman–Crippen MR) is 82.7 cm³/mol. The molecule has 0 fully saturated rings. The van der Waals surface area contributed by atoms with Gasteiger partial charge in [-0.15, -0.1) is 0 Å². The van der Waals surface area contributed by atoms with E-state index in [1.54, 1.807) is 6.33 Å². The second kappa shape index (κ2) is 6.86. The van der Waals surface area contributed by atoms with E-state index >= 15 is 0 Å². The molecular formula is C16H25N3O. The van der Waals surface area contributed by atoms with Crippen LogP contribution in [0.4, 0.5) is 0 Å². The molecule has 110 valence electrons. The molecule has 0 aliphatic rings. The largest absolute Gasteiger partial charge is 0.387 e. The molecule has 2 aromatic rings. The molecule has 1 aromatic carbocycles. The number of aryl methyl sites for hydroxylation is 1. The van der Waals surface area contributed by atoms with Crippen LogP contribution in [0, 0.1) is 0 Å². The highest BCUT2D eigenvalue weighted by atomic mass is 16.3. The highest BCUT2D eigenvalue weighted by molar-refractivity contribution is 5.76. The zero-order chi connectivity index (χ0) is 14.5. The summed E-state index contributed by atoms with van der Waals surface area (Å²) in [5, 5.41) is 10.4. The lowest BCUT2D eigenvalue weighted by Crippen LogP contribution is -2.30. The van der Waals surface area contributed by atoms with E-state index in [9.17, 15) is 5.11 Å². The van der Waals surface area contributed by atoms with Gasteiger partial charge in [-0.1, -0.05) is 19.9 Å². The van der Waals surface area contributed by atoms with Crippen LogP contribution in [0.1, 0.15) is 38.4 Å². The Balaban J connectivity index is 2.11. The Hall–Kier alpha value is -1.39. The Morgan fingerprint density at radius 2 is 1.95 bits per heavy atom. The number of hydrogen-bond acceptors (Lipinski definition) is 3. The van der Waals surface area contributed by atoms with Gasteiger partial charge in [0.15, 0.2) is 0 Å². The molecule has 0 spiro atoms. The van der Waals surface area contributed by atoms with Gasteiger partial charge in [0, 0.05) is 13.6 Å². The molecule has 0 saturated carbocycles. The molecule has 0 aliphatic carbocycles. The van der Waals surface area contributed by atoms with E-state index in [-0.39, 0.29) is 0 Å². The number of fused-ring (bicyclic) bond motifs is 1. The summed E-state index contributed by atoms with van der Waals surface area (Å²) >= 11 is 0. The van der Waals surface area contributed by atoms with Crippen LogP contribution >= 0.6 is 0 Å². The summed E-state index contributed by atoms with van der Waals surface area (Å²) in [7, 11) is 1.98. The Morgan fingerprint density at radius 3 is 2.60 bits per heavy atom. The van der Waals surface area contributed by atoms with Gasteiger partial charge in [0.05, 0.1) is 23.5 Å². The fraction of sp³-hybridized carbons (Fsp3) is 0.562. The van der Waals surface area contributed by atoms with E-state index in [2.05, 4.69) is 23.7 Å². The van der Waals surface area contributed by atoms with Crippen molar-refractivity contribution >= 4 is 11.0 Å². The molecule has 0 bridgehead atoms. The van der Waals surface area contributed by atoms with Crippen LogP contribution in [0.2, 0.25) is 0 Å². The standard InChI is InChI=1S/C16H25N3O/c1-4-8-19(9-5-2)11-16(20)13-6-7-15-14(10-13)17-12-18(15)3/h6-7,10,12,16,20H,4-5,8-9,11H2,1-3H3. The van der Waals surface area contributed by atoms with Crippen molar-refractivity contribution in [3.63, 3.8) is 0 Å². The molecule has 0 saturated heterocycles. The highest BCUT2D eigenvalue weighted by Crippen LogP contribution is 2.20. The van der Waals surface area contributed by atoms with Crippen LogP contribution < -0.4 is 0 Å². The third-order valence-electron chi connectivity index (χ3n) is 3.65. The summed E-state index contributed by atoms with van der Waals surface area (Å²) in [6, 6.07) is 6.03. The van der Waals surface area contributed by atoms with Crippen LogP contribution in [0.5, 0.6) is 0 Å². The summed E-state index contributed by atoms with van der Waals surface area (Å²) in [5.74, 6) is 0. The van der Waals surface area contributed by atoms with Gasteiger partial charge in [0.2, 0.25) is 0 Å². The number of imidazole rings is 1. The summed E-state index contributed by atoms with van der Waals surface area (Å²) in [5.41, 5.74) is 3.00. The lowest BCUT2D eigenvalue weighted by atomic mass is 10.1. The third kappa shape index (κ3) is 3.38. The summed E-state index contributed by atoms with van der Waals surface area (Å²) in [6.07, 6.45) is 3.60. The number of rotatable bonds is 7. The van der Waals surface area contributed by atoms with Gasteiger partial charge in [-0.05, 0) is 43.6 Å². The summed E-state index contributed by atoms with van der Waals surface area (Å²) < 4.78 is 1.99. The number of aliphatic hydroxyl groups is 1. The van der Waals surface area contributed by atoms with Gasteiger partial charge in [-0.2, -0.15) is 0 Å². The molecule has 1 atom stereocenters. The molecule has 1 N–H and O–H groups in total. The first-order valence-corrected chi connectivity index (χ1v) is 7.47. The predicted octanol–water partition coefficient (Wildman–Crippen LogP) is 2.73.